The van der Waals surface area contributed by atoms with E-state index in [1.54, 1.807) is 0 Å². The van der Waals surface area contributed by atoms with Crippen molar-refractivity contribution in [2.24, 2.45) is 0 Å². The first-order valence-corrected chi connectivity index (χ1v) is 9.79. The molecule has 27 heavy (non-hydrogen) atoms. The molecule has 0 radical (unpaired) electrons. The largest absolute Gasteiger partial charge is 0.494 e. The third-order valence-corrected chi connectivity index (χ3v) is 5.11. The molecule has 1 aliphatic rings. The van der Waals surface area contributed by atoms with E-state index >= 15 is 0 Å². The van der Waals surface area contributed by atoms with Gasteiger partial charge in [0, 0.05) is 0 Å². The zero-order valence-electron chi connectivity index (χ0n) is 18.0. The maximum absolute atomic E-state index is 12.2. The Hall–Kier alpha value is -1.53. The number of hydrogen-bond acceptors (Lipinski definition) is 4. The minimum atomic E-state index is -0.522. The van der Waals surface area contributed by atoms with Gasteiger partial charge in [0.25, 0.3) is 0 Å². The smallest absolute Gasteiger partial charge is 0.444 e. The molecule has 150 valence electrons. The van der Waals surface area contributed by atoms with Crippen LogP contribution in [-0.4, -0.2) is 30.0 Å². The van der Waals surface area contributed by atoms with Crippen molar-refractivity contribution in [1.82, 2.24) is 5.32 Å². The third kappa shape index (κ3) is 5.49. The molecule has 1 amide bonds. The Morgan fingerprint density at radius 3 is 2.30 bits per heavy atom. The molecular formula is C21H34BNO4. The summed E-state index contributed by atoms with van der Waals surface area (Å²) >= 11 is 0. The molecule has 1 fully saturated rings. The lowest BCUT2D eigenvalue weighted by Gasteiger charge is -2.32. The van der Waals surface area contributed by atoms with Gasteiger partial charge in [0.2, 0.25) is 0 Å². The maximum atomic E-state index is 12.2. The highest BCUT2D eigenvalue weighted by atomic mass is 16.7. The Labute approximate surface area is 164 Å². The lowest BCUT2D eigenvalue weighted by molar-refractivity contribution is 0.00578. The summed E-state index contributed by atoms with van der Waals surface area (Å²) < 4.78 is 17.7. The lowest BCUT2D eigenvalue weighted by Crippen LogP contribution is -2.41. The second kappa shape index (κ2) is 7.84. The average molecular weight is 375 g/mol. The molecule has 6 heteroatoms. The molecule has 1 heterocycles. The van der Waals surface area contributed by atoms with Crippen molar-refractivity contribution >= 4 is 18.7 Å². The number of amides is 1. The van der Waals surface area contributed by atoms with E-state index in [4.69, 9.17) is 14.0 Å². The molecule has 1 atom stereocenters. The predicted molar refractivity (Wildman–Crippen MR) is 109 cm³/mol. The SMILES string of the molecule is CCCC(NC(=O)OC(C)(C)C)c1cccc(B2OC(C)(C)C(C)(C)O2)c1. The Kier molecular flexibility index (Phi) is 6.32. The van der Waals surface area contributed by atoms with Crippen LogP contribution in [0.4, 0.5) is 4.79 Å². The molecule has 0 aromatic heterocycles. The van der Waals surface area contributed by atoms with Crippen LogP contribution in [0.3, 0.4) is 0 Å². The van der Waals surface area contributed by atoms with Gasteiger partial charge in [-0.05, 0) is 65.9 Å². The fourth-order valence-corrected chi connectivity index (χ4v) is 2.96. The van der Waals surface area contributed by atoms with Crippen LogP contribution in [0.5, 0.6) is 0 Å². The number of benzene rings is 1. The van der Waals surface area contributed by atoms with Gasteiger partial charge < -0.3 is 19.4 Å². The fourth-order valence-electron chi connectivity index (χ4n) is 2.96. The predicted octanol–water partition coefficient (Wildman–Crippen LogP) is 4.35. The highest BCUT2D eigenvalue weighted by Crippen LogP contribution is 2.36. The number of carbonyl (C=O) groups excluding carboxylic acids is 1. The van der Waals surface area contributed by atoms with E-state index in [1.165, 1.54) is 0 Å². The fraction of sp³-hybridized carbons (Fsp3) is 0.667. The van der Waals surface area contributed by atoms with Gasteiger partial charge in [0.15, 0.2) is 0 Å². The summed E-state index contributed by atoms with van der Waals surface area (Å²) in [6.07, 6.45) is 1.37. The Bertz CT molecular complexity index is 650. The van der Waals surface area contributed by atoms with Crippen LogP contribution in [-0.2, 0) is 14.0 Å². The molecule has 0 aliphatic carbocycles. The molecule has 1 saturated heterocycles. The van der Waals surface area contributed by atoms with E-state index in [1.807, 2.05) is 66.7 Å². The van der Waals surface area contributed by atoms with Crippen LogP contribution in [0.25, 0.3) is 0 Å². The molecule has 1 unspecified atom stereocenters. The molecule has 0 bridgehead atoms. The van der Waals surface area contributed by atoms with Crippen molar-refractivity contribution in [3.05, 3.63) is 29.8 Å². The molecular weight excluding hydrogens is 341 g/mol. The first-order chi connectivity index (χ1) is 12.3. The van der Waals surface area contributed by atoms with Gasteiger partial charge in [-0.15, -0.1) is 0 Å². The van der Waals surface area contributed by atoms with E-state index < -0.39 is 18.8 Å². The molecule has 5 nitrogen and oxygen atoms in total. The Morgan fingerprint density at radius 1 is 1.19 bits per heavy atom. The number of rotatable bonds is 5. The summed E-state index contributed by atoms with van der Waals surface area (Å²) in [4.78, 5) is 12.2. The molecule has 1 N–H and O–H groups in total. The van der Waals surface area contributed by atoms with Crippen molar-refractivity contribution < 1.29 is 18.8 Å². The molecule has 2 rings (SSSR count). The summed E-state index contributed by atoms with van der Waals surface area (Å²) in [5, 5.41) is 3.00. The van der Waals surface area contributed by atoms with Gasteiger partial charge in [0.1, 0.15) is 5.60 Å². The Morgan fingerprint density at radius 2 is 1.78 bits per heavy atom. The summed E-state index contributed by atoms with van der Waals surface area (Å²) in [5.74, 6) is 0. The first kappa shape index (κ1) is 21.8. The van der Waals surface area contributed by atoms with Crippen molar-refractivity contribution in [1.29, 1.82) is 0 Å². The summed E-state index contributed by atoms with van der Waals surface area (Å²) in [7, 11) is -0.418. The van der Waals surface area contributed by atoms with Crippen LogP contribution in [0, 0.1) is 0 Å². The van der Waals surface area contributed by atoms with Gasteiger partial charge in [0.05, 0.1) is 17.2 Å². The zero-order valence-corrected chi connectivity index (χ0v) is 18.0. The third-order valence-electron chi connectivity index (χ3n) is 5.11. The topological polar surface area (TPSA) is 56.8 Å². The summed E-state index contributed by atoms with van der Waals surface area (Å²) in [5.41, 5.74) is 0.690. The average Bonchev–Trinajstić information content (AvgIpc) is 2.73. The molecule has 0 spiro atoms. The Balaban J connectivity index is 2.19. The highest BCUT2D eigenvalue weighted by Gasteiger charge is 2.51. The molecule has 1 aromatic carbocycles. The summed E-state index contributed by atoms with van der Waals surface area (Å²) in [6, 6.07) is 7.94. The molecule has 1 aromatic rings. The van der Waals surface area contributed by atoms with Gasteiger partial charge in [-0.25, -0.2) is 4.79 Å². The minimum Gasteiger partial charge on any atom is -0.444 e. The van der Waals surface area contributed by atoms with Gasteiger partial charge in [-0.1, -0.05) is 37.6 Å². The van der Waals surface area contributed by atoms with Crippen LogP contribution < -0.4 is 10.8 Å². The van der Waals surface area contributed by atoms with Crippen LogP contribution in [0.1, 0.15) is 79.8 Å². The second-order valence-electron chi connectivity index (χ2n) is 9.25. The van der Waals surface area contributed by atoms with Crippen LogP contribution >= 0.6 is 0 Å². The van der Waals surface area contributed by atoms with Gasteiger partial charge >= 0.3 is 13.2 Å². The number of nitrogens with one attached hydrogen (secondary N) is 1. The van der Waals surface area contributed by atoms with Crippen LogP contribution in [0.15, 0.2) is 24.3 Å². The zero-order chi connectivity index (χ0) is 20.5. The first-order valence-electron chi connectivity index (χ1n) is 9.79. The van der Waals surface area contributed by atoms with E-state index in [9.17, 15) is 4.79 Å². The van der Waals surface area contributed by atoms with E-state index in [0.717, 1.165) is 23.9 Å². The second-order valence-corrected chi connectivity index (χ2v) is 9.25. The maximum Gasteiger partial charge on any atom is 0.494 e. The standard InChI is InChI=1S/C21H34BNO4/c1-9-11-17(23-18(24)25-19(2,3)4)15-12-10-13-16(14-15)22-26-20(5,6)21(7,8)27-22/h10,12-14,17H,9,11H2,1-8H3,(H,23,24). The van der Waals surface area contributed by atoms with Crippen molar-refractivity contribution in [3.8, 4) is 0 Å². The number of alkyl carbamates (subject to hydrolysis) is 1. The molecule has 0 saturated carbocycles. The van der Waals surface area contributed by atoms with Crippen molar-refractivity contribution in [3.63, 3.8) is 0 Å². The van der Waals surface area contributed by atoms with Gasteiger partial charge in [-0.3, -0.25) is 0 Å². The number of carbonyl (C=O) groups is 1. The van der Waals surface area contributed by atoms with Crippen molar-refractivity contribution in [2.45, 2.75) is 91.1 Å². The summed E-state index contributed by atoms with van der Waals surface area (Å²) in [6.45, 7) is 15.9. The van der Waals surface area contributed by atoms with E-state index in [2.05, 4.69) is 18.3 Å². The van der Waals surface area contributed by atoms with Gasteiger partial charge in [-0.2, -0.15) is 0 Å². The van der Waals surface area contributed by atoms with Crippen LogP contribution in [0.2, 0.25) is 0 Å². The minimum absolute atomic E-state index is 0.118. The lowest BCUT2D eigenvalue weighted by atomic mass is 9.77. The highest BCUT2D eigenvalue weighted by molar-refractivity contribution is 6.62. The number of ether oxygens (including phenoxy) is 1. The van der Waals surface area contributed by atoms with E-state index in [-0.39, 0.29) is 17.2 Å². The number of hydrogen-bond donors (Lipinski definition) is 1. The van der Waals surface area contributed by atoms with Crippen molar-refractivity contribution in [2.75, 3.05) is 0 Å². The monoisotopic (exact) mass is 375 g/mol. The normalized spacial score (nSPS) is 19.6. The molecule has 1 aliphatic heterocycles. The van der Waals surface area contributed by atoms with E-state index in [0.29, 0.717) is 0 Å². The quantitative estimate of drug-likeness (QED) is 0.778.